The minimum Gasteiger partial charge on any atom is -0.494 e. The Hall–Kier alpha value is -2.07. The number of halogens is 1. The van der Waals surface area contributed by atoms with E-state index in [2.05, 4.69) is 74.8 Å². The van der Waals surface area contributed by atoms with Gasteiger partial charge in [0.25, 0.3) is 0 Å². The number of ether oxygens (including phenoxy) is 2. The molecule has 0 spiro atoms. The van der Waals surface area contributed by atoms with E-state index in [0.717, 1.165) is 76.8 Å². The predicted molar refractivity (Wildman–Crippen MR) is 221 cm³/mol. The van der Waals surface area contributed by atoms with E-state index in [9.17, 15) is 4.79 Å². The Labute approximate surface area is 325 Å². The van der Waals surface area contributed by atoms with E-state index < -0.39 is 0 Å². The van der Waals surface area contributed by atoms with Crippen LogP contribution in [0.4, 0.5) is 0 Å². The molecule has 0 bridgehead atoms. The molecule has 2 aromatic rings. The van der Waals surface area contributed by atoms with Gasteiger partial charge in [0.15, 0.2) is 5.78 Å². The van der Waals surface area contributed by atoms with Gasteiger partial charge in [-0.05, 0) is 171 Å². The van der Waals surface area contributed by atoms with Crippen molar-refractivity contribution in [1.82, 2.24) is 0 Å². The number of carbonyl (C=O) groups excluding carboxylic acids is 1. The van der Waals surface area contributed by atoms with E-state index in [-0.39, 0.29) is 5.78 Å². The van der Waals surface area contributed by atoms with Gasteiger partial charge in [-0.15, -0.1) is 0 Å². The van der Waals surface area contributed by atoms with E-state index in [1.54, 1.807) is 6.08 Å². The van der Waals surface area contributed by atoms with Crippen LogP contribution in [0.25, 0.3) is 6.08 Å². The first-order valence-electron chi connectivity index (χ1n) is 21.4. The molecule has 4 fully saturated rings. The second-order valence-electron chi connectivity index (χ2n) is 18.4. The number of benzene rings is 2. The van der Waals surface area contributed by atoms with Gasteiger partial charge >= 0.3 is 0 Å². The van der Waals surface area contributed by atoms with Gasteiger partial charge in [-0.1, -0.05) is 101 Å². The summed E-state index contributed by atoms with van der Waals surface area (Å²) in [6, 6.07) is 15.8. The lowest BCUT2D eigenvalue weighted by Gasteiger charge is -2.61. The molecule has 0 saturated heterocycles. The molecule has 4 heteroatoms. The largest absolute Gasteiger partial charge is 0.494 e. The van der Waals surface area contributed by atoms with Crippen LogP contribution in [-0.4, -0.2) is 23.8 Å². The summed E-state index contributed by atoms with van der Waals surface area (Å²) < 4.78 is 12.5. The number of ketones is 1. The molecule has 5 unspecified atom stereocenters. The highest BCUT2D eigenvalue weighted by Crippen LogP contribution is 2.68. The van der Waals surface area contributed by atoms with Crippen molar-refractivity contribution in [1.29, 1.82) is 0 Å². The summed E-state index contributed by atoms with van der Waals surface area (Å²) in [5.41, 5.74) is 2.74. The van der Waals surface area contributed by atoms with E-state index in [1.807, 2.05) is 30.3 Å². The van der Waals surface area contributed by atoms with Crippen molar-refractivity contribution in [3.8, 4) is 11.5 Å². The zero-order valence-electron chi connectivity index (χ0n) is 33.2. The van der Waals surface area contributed by atoms with Gasteiger partial charge in [0.05, 0.1) is 12.7 Å². The highest BCUT2D eigenvalue weighted by molar-refractivity contribution is 9.09. The Morgan fingerprint density at radius 3 is 2.25 bits per heavy atom. The van der Waals surface area contributed by atoms with Gasteiger partial charge in [0, 0.05) is 10.9 Å². The second kappa shape index (κ2) is 18.0. The molecule has 52 heavy (non-hydrogen) atoms. The van der Waals surface area contributed by atoms with Crippen molar-refractivity contribution in [3.63, 3.8) is 0 Å². The topological polar surface area (TPSA) is 35.5 Å². The number of carbonyl (C=O) groups is 1. The predicted octanol–water partition coefficient (Wildman–Crippen LogP) is 13.8. The summed E-state index contributed by atoms with van der Waals surface area (Å²) in [7, 11) is 0. The fraction of sp³-hybridized carbons (Fsp3) is 0.688. The lowest BCUT2D eigenvalue weighted by molar-refractivity contribution is -0.126. The molecule has 0 amide bonds. The number of unbranched alkanes of at least 4 members (excludes halogenated alkanes) is 3. The van der Waals surface area contributed by atoms with Crippen molar-refractivity contribution >= 4 is 27.8 Å². The van der Waals surface area contributed by atoms with Crippen LogP contribution in [0.15, 0.2) is 54.6 Å². The highest BCUT2D eigenvalue weighted by Gasteiger charge is 2.60. The van der Waals surface area contributed by atoms with Gasteiger partial charge in [0.1, 0.15) is 11.5 Å². The van der Waals surface area contributed by atoms with Crippen molar-refractivity contribution in [2.45, 2.75) is 143 Å². The summed E-state index contributed by atoms with van der Waals surface area (Å²) in [5, 5.41) is 1.07. The van der Waals surface area contributed by atoms with Crippen LogP contribution in [0.2, 0.25) is 0 Å². The van der Waals surface area contributed by atoms with Gasteiger partial charge in [-0.25, -0.2) is 0 Å². The Morgan fingerprint density at radius 1 is 0.788 bits per heavy atom. The highest BCUT2D eigenvalue weighted by atomic mass is 79.9. The summed E-state index contributed by atoms with van der Waals surface area (Å²) in [4.78, 5) is 12.9. The Balaban J connectivity index is 0.967. The van der Waals surface area contributed by atoms with Crippen molar-refractivity contribution in [3.05, 3.63) is 65.7 Å². The minimum atomic E-state index is 0.00336. The smallest absolute Gasteiger partial charge is 0.185 e. The van der Waals surface area contributed by atoms with Crippen LogP contribution in [0, 0.1) is 52.3 Å². The van der Waals surface area contributed by atoms with Gasteiger partial charge < -0.3 is 9.47 Å². The number of alkyl halides is 1. The van der Waals surface area contributed by atoms with Gasteiger partial charge in [-0.2, -0.15) is 0 Å². The fourth-order valence-electron chi connectivity index (χ4n) is 11.9. The molecule has 9 atom stereocenters. The maximum atomic E-state index is 12.9. The third-order valence-electron chi connectivity index (χ3n) is 14.9. The minimum absolute atomic E-state index is 0.00336. The van der Waals surface area contributed by atoms with Crippen LogP contribution in [0.1, 0.15) is 153 Å². The molecule has 0 radical (unpaired) electrons. The third kappa shape index (κ3) is 9.23. The first kappa shape index (κ1) is 39.6. The summed E-state index contributed by atoms with van der Waals surface area (Å²) in [5.74, 6) is 8.03. The molecule has 6 rings (SSSR count). The number of rotatable bonds is 17. The van der Waals surface area contributed by atoms with E-state index in [4.69, 9.17) is 9.47 Å². The maximum Gasteiger partial charge on any atom is 0.185 e. The molecule has 0 aliphatic heterocycles. The van der Waals surface area contributed by atoms with Crippen molar-refractivity contribution in [2.24, 2.45) is 52.3 Å². The molecular weight excluding hydrogens is 704 g/mol. The van der Waals surface area contributed by atoms with Crippen molar-refractivity contribution in [2.75, 3.05) is 11.9 Å². The lowest BCUT2D eigenvalue weighted by Crippen LogP contribution is -2.54. The average Bonchev–Trinajstić information content (AvgIpc) is 3.50. The van der Waals surface area contributed by atoms with Crippen LogP contribution in [0.3, 0.4) is 0 Å². The molecular formula is C48H69BrO3. The number of hydrogen-bond acceptors (Lipinski definition) is 3. The van der Waals surface area contributed by atoms with E-state index in [1.165, 1.54) is 96.3 Å². The molecule has 0 heterocycles. The summed E-state index contributed by atoms with van der Waals surface area (Å²) >= 11 is 3.48. The molecule has 3 nitrogen and oxygen atoms in total. The Bertz CT molecular complexity index is 1450. The Kier molecular flexibility index (Phi) is 13.7. The second-order valence-corrected chi connectivity index (χ2v) is 19.2. The molecule has 0 N–H and O–H groups in total. The van der Waals surface area contributed by atoms with Gasteiger partial charge in [0.2, 0.25) is 0 Å². The van der Waals surface area contributed by atoms with Crippen LogP contribution < -0.4 is 9.47 Å². The number of fused-ring (bicyclic) bond motifs is 5. The number of allylic oxidation sites excluding steroid dienone is 1. The zero-order valence-corrected chi connectivity index (χ0v) is 34.8. The zero-order chi connectivity index (χ0) is 36.7. The monoisotopic (exact) mass is 772 g/mol. The molecule has 0 aromatic heterocycles. The van der Waals surface area contributed by atoms with Crippen LogP contribution in [0.5, 0.6) is 11.5 Å². The summed E-state index contributed by atoms with van der Waals surface area (Å²) in [6.45, 7) is 13.5. The van der Waals surface area contributed by atoms with Crippen LogP contribution >= 0.6 is 15.9 Å². The quantitative estimate of drug-likeness (QED) is 0.0695. The first-order valence-corrected chi connectivity index (χ1v) is 22.5. The lowest BCUT2D eigenvalue weighted by atomic mass is 9.44. The molecule has 4 saturated carbocycles. The molecule has 286 valence electrons. The fourth-order valence-corrected chi connectivity index (χ4v) is 12.3. The normalized spacial score (nSPS) is 31.9. The molecule has 4 aliphatic rings. The third-order valence-corrected chi connectivity index (χ3v) is 15.4. The van der Waals surface area contributed by atoms with Gasteiger partial charge in [-0.3, -0.25) is 4.79 Å². The molecule has 4 aliphatic carbocycles. The Morgan fingerprint density at radius 2 is 1.50 bits per heavy atom. The molecule has 2 aromatic carbocycles. The maximum absolute atomic E-state index is 12.9. The first-order chi connectivity index (χ1) is 25.1. The van der Waals surface area contributed by atoms with E-state index in [0.29, 0.717) is 22.5 Å². The van der Waals surface area contributed by atoms with Crippen molar-refractivity contribution < 1.29 is 14.3 Å². The SMILES string of the molecule is CC(C)CCC[C@@H](C)[C@H]1CCC2C3CCC4CC(Oc5ccc(C=CC(=O)c6ccc(OCCCCCCBr)cc6)cc5)CC[C@]4(C)C3CC[C@@]21C. The standard InChI is InChI=1S/C48H69BrO3/c1-34(2)11-10-12-35(3)43-24-25-44-42-23-18-38-33-41(27-29-47(38,4)45(42)28-30-48(43,44)5)52-40-19-13-36(14-20-40)15-26-46(50)37-16-21-39(22-17-37)51-32-9-7-6-8-31-49/h13-17,19-22,26,34-35,38,41-45H,6-12,18,23-25,27-33H2,1-5H3/t35-,38?,41?,42?,43-,44?,45?,47+,48-/m1/s1. The number of hydrogen-bond donors (Lipinski definition) is 0. The average molecular weight is 774 g/mol. The van der Waals surface area contributed by atoms with Crippen LogP contribution in [-0.2, 0) is 0 Å². The summed E-state index contributed by atoms with van der Waals surface area (Å²) in [6.07, 6.45) is 25.2. The van der Waals surface area contributed by atoms with E-state index >= 15 is 0 Å².